The zero-order chi connectivity index (χ0) is 16.9. The van der Waals surface area contributed by atoms with Crippen LogP contribution >= 0.6 is 0 Å². The minimum atomic E-state index is -0.459. The van der Waals surface area contributed by atoms with E-state index in [1.807, 2.05) is 20.8 Å². The molecule has 1 aliphatic rings. The Kier molecular flexibility index (Phi) is 6.05. The fourth-order valence-electron chi connectivity index (χ4n) is 2.49. The molecule has 128 valence electrons. The molecule has 0 aromatic heterocycles. The van der Waals surface area contributed by atoms with E-state index in [-0.39, 0.29) is 12.1 Å². The summed E-state index contributed by atoms with van der Waals surface area (Å²) in [6.45, 7) is 9.23. The molecule has 1 unspecified atom stereocenters. The van der Waals surface area contributed by atoms with Gasteiger partial charge in [-0.05, 0) is 57.1 Å². The van der Waals surface area contributed by atoms with Crippen LogP contribution in [0.5, 0.6) is 0 Å². The molecule has 2 N–H and O–H groups in total. The summed E-state index contributed by atoms with van der Waals surface area (Å²) in [5.74, 6) is 0.805. The third-order valence-corrected chi connectivity index (χ3v) is 3.96. The van der Waals surface area contributed by atoms with E-state index in [0.29, 0.717) is 0 Å². The highest BCUT2D eigenvalue weighted by Crippen LogP contribution is 2.39. The van der Waals surface area contributed by atoms with Crippen LogP contribution < -0.4 is 10.6 Å². The molecule has 0 aliphatic heterocycles. The molecule has 0 bridgehead atoms. The molecule has 2 rings (SSSR count). The molecular weight excluding hydrogens is 288 g/mol. The van der Waals surface area contributed by atoms with E-state index in [2.05, 4.69) is 41.8 Å². The van der Waals surface area contributed by atoms with Gasteiger partial charge in [-0.1, -0.05) is 31.2 Å². The summed E-state index contributed by atoms with van der Waals surface area (Å²) < 4.78 is 5.30. The second-order valence-electron chi connectivity index (χ2n) is 7.40. The van der Waals surface area contributed by atoms with Crippen molar-refractivity contribution in [2.24, 2.45) is 0 Å². The van der Waals surface area contributed by atoms with Crippen molar-refractivity contribution in [3.8, 4) is 0 Å². The summed E-state index contributed by atoms with van der Waals surface area (Å²) in [5.41, 5.74) is 2.28. The lowest BCUT2D eigenvalue weighted by Gasteiger charge is -2.23. The Hall–Kier alpha value is -1.55. The van der Waals surface area contributed by atoms with Gasteiger partial charge in [0, 0.05) is 19.1 Å². The number of benzene rings is 1. The topological polar surface area (TPSA) is 50.4 Å². The lowest BCUT2D eigenvalue weighted by Crippen LogP contribution is -2.43. The quantitative estimate of drug-likeness (QED) is 0.800. The molecule has 0 saturated heterocycles. The van der Waals surface area contributed by atoms with Gasteiger partial charge >= 0.3 is 6.09 Å². The Balaban J connectivity index is 1.71. The van der Waals surface area contributed by atoms with E-state index < -0.39 is 5.60 Å². The van der Waals surface area contributed by atoms with E-state index in [1.165, 1.54) is 24.0 Å². The third kappa shape index (κ3) is 6.61. The number of ether oxygens (including phenoxy) is 1. The zero-order valence-corrected chi connectivity index (χ0v) is 14.8. The first-order chi connectivity index (χ1) is 10.9. The van der Waals surface area contributed by atoms with Crippen LogP contribution in [0.25, 0.3) is 0 Å². The zero-order valence-electron chi connectivity index (χ0n) is 14.8. The van der Waals surface area contributed by atoms with Gasteiger partial charge in [0.05, 0.1) is 0 Å². The van der Waals surface area contributed by atoms with Crippen LogP contribution in [0, 0.1) is 0 Å². The van der Waals surface area contributed by atoms with Crippen LogP contribution in [0.3, 0.4) is 0 Å². The average Bonchev–Trinajstić information content (AvgIpc) is 3.29. The average molecular weight is 318 g/mol. The fraction of sp³-hybridized carbons (Fsp3) is 0.632. The predicted molar refractivity (Wildman–Crippen MR) is 93.6 cm³/mol. The number of amides is 1. The molecule has 1 fully saturated rings. The van der Waals surface area contributed by atoms with E-state index in [9.17, 15) is 4.79 Å². The Morgan fingerprint density at radius 3 is 2.43 bits per heavy atom. The number of hydrogen-bond acceptors (Lipinski definition) is 3. The molecule has 0 radical (unpaired) electrons. The molecule has 1 aliphatic carbocycles. The van der Waals surface area contributed by atoms with Crippen molar-refractivity contribution < 1.29 is 9.53 Å². The highest BCUT2D eigenvalue weighted by molar-refractivity contribution is 5.68. The van der Waals surface area contributed by atoms with Crippen LogP contribution in [0.4, 0.5) is 4.79 Å². The van der Waals surface area contributed by atoms with Crippen molar-refractivity contribution in [1.29, 1.82) is 0 Å². The minimum Gasteiger partial charge on any atom is -0.444 e. The molecule has 23 heavy (non-hydrogen) atoms. The molecule has 1 amide bonds. The van der Waals surface area contributed by atoms with Gasteiger partial charge in [0.1, 0.15) is 5.60 Å². The first kappa shape index (κ1) is 17.8. The molecule has 1 aromatic rings. The van der Waals surface area contributed by atoms with E-state index in [0.717, 1.165) is 25.4 Å². The molecule has 1 saturated carbocycles. The summed E-state index contributed by atoms with van der Waals surface area (Å²) in [6, 6.07) is 8.96. The number of alkyl carbamates (subject to hydrolysis) is 1. The maximum Gasteiger partial charge on any atom is 0.407 e. The summed E-state index contributed by atoms with van der Waals surface area (Å²) in [7, 11) is 0. The van der Waals surface area contributed by atoms with Crippen LogP contribution in [-0.2, 0) is 11.3 Å². The Morgan fingerprint density at radius 1 is 1.26 bits per heavy atom. The van der Waals surface area contributed by atoms with Crippen molar-refractivity contribution in [3.63, 3.8) is 0 Å². The summed E-state index contributed by atoms with van der Waals surface area (Å²) >= 11 is 0. The van der Waals surface area contributed by atoms with Crippen molar-refractivity contribution in [3.05, 3.63) is 35.4 Å². The van der Waals surface area contributed by atoms with Gasteiger partial charge in [0.2, 0.25) is 0 Å². The number of carbonyl (C=O) groups is 1. The Labute approximate surface area is 140 Å². The third-order valence-electron chi connectivity index (χ3n) is 3.96. The van der Waals surface area contributed by atoms with Crippen LogP contribution in [0.2, 0.25) is 0 Å². The molecular formula is C19H30N2O2. The number of nitrogens with one attached hydrogen (secondary N) is 2. The minimum absolute atomic E-state index is 0.0792. The Bertz CT molecular complexity index is 501. The van der Waals surface area contributed by atoms with Crippen molar-refractivity contribution in [2.45, 2.75) is 71.1 Å². The molecule has 4 nitrogen and oxygen atoms in total. The van der Waals surface area contributed by atoms with Gasteiger partial charge < -0.3 is 15.4 Å². The van der Waals surface area contributed by atoms with Crippen molar-refractivity contribution in [2.75, 3.05) is 6.54 Å². The number of rotatable bonds is 7. The lowest BCUT2D eigenvalue weighted by atomic mass is 10.1. The Morgan fingerprint density at radius 2 is 1.91 bits per heavy atom. The maximum absolute atomic E-state index is 11.8. The van der Waals surface area contributed by atoms with Crippen LogP contribution in [-0.4, -0.2) is 24.3 Å². The lowest BCUT2D eigenvalue weighted by molar-refractivity contribution is 0.0502. The predicted octanol–water partition coefficient (Wildman–Crippen LogP) is 3.96. The second-order valence-corrected chi connectivity index (χ2v) is 7.40. The summed E-state index contributed by atoms with van der Waals surface area (Å²) in [4.78, 5) is 11.8. The molecule has 1 atom stereocenters. The fourth-order valence-corrected chi connectivity index (χ4v) is 2.49. The molecule has 1 aromatic carbocycles. The molecule has 0 spiro atoms. The first-order valence-electron chi connectivity index (χ1n) is 8.66. The van der Waals surface area contributed by atoms with E-state index in [4.69, 9.17) is 4.74 Å². The summed E-state index contributed by atoms with van der Waals surface area (Å²) in [6.07, 6.45) is 3.20. The molecule has 0 heterocycles. The smallest absolute Gasteiger partial charge is 0.407 e. The highest BCUT2D eigenvalue weighted by atomic mass is 16.6. The first-order valence-corrected chi connectivity index (χ1v) is 8.66. The van der Waals surface area contributed by atoms with Crippen LogP contribution in [0.15, 0.2) is 24.3 Å². The van der Waals surface area contributed by atoms with Gasteiger partial charge in [-0.3, -0.25) is 0 Å². The number of carbonyl (C=O) groups excluding carboxylic acids is 1. The standard InChI is InChI=1S/C19H30N2O2/c1-5-17(21-18(22)23-19(2,3)4)13-20-12-14-6-8-15(9-7-14)16-10-11-16/h6-9,16-17,20H,5,10-13H2,1-4H3,(H,21,22). The normalized spacial score (nSPS) is 16.0. The van der Waals surface area contributed by atoms with E-state index in [1.54, 1.807) is 0 Å². The maximum atomic E-state index is 11.8. The van der Waals surface area contributed by atoms with Gasteiger partial charge in [-0.2, -0.15) is 0 Å². The van der Waals surface area contributed by atoms with Gasteiger partial charge in [0.15, 0.2) is 0 Å². The van der Waals surface area contributed by atoms with E-state index >= 15 is 0 Å². The van der Waals surface area contributed by atoms with Gasteiger partial charge in [-0.25, -0.2) is 4.79 Å². The number of hydrogen-bond donors (Lipinski definition) is 2. The summed E-state index contributed by atoms with van der Waals surface area (Å²) in [5, 5.41) is 6.33. The largest absolute Gasteiger partial charge is 0.444 e. The van der Waals surface area contributed by atoms with Crippen molar-refractivity contribution in [1.82, 2.24) is 10.6 Å². The molecule has 4 heteroatoms. The van der Waals surface area contributed by atoms with Crippen LogP contribution in [0.1, 0.15) is 64.0 Å². The highest BCUT2D eigenvalue weighted by Gasteiger charge is 2.23. The second kappa shape index (κ2) is 7.82. The monoisotopic (exact) mass is 318 g/mol. The SMILES string of the molecule is CCC(CNCc1ccc(C2CC2)cc1)NC(=O)OC(C)(C)C. The van der Waals surface area contributed by atoms with Gasteiger partial charge in [0.25, 0.3) is 0 Å². The van der Waals surface area contributed by atoms with Gasteiger partial charge in [-0.15, -0.1) is 0 Å². The van der Waals surface area contributed by atoms with Crippen molar-refractivity contribution >= 4 is 6.09 Å².